The fraction of sp³-hybridized carbons (Fsp3) is 0.867. The van der Waals surface area contributed by atoms with Crippen LogP contribution in [0.15, 0.2) is 0 Å². The number of aliphatic hydroxyl groups is 5. The first-order valence-corrected chi connectivity index (χ1v) is 8.44. The Bertz CT molecular complexity index is 561. The zero-order valence-corrected chi connectivity index (χ0v) is 15.1. The molecule has 2 saturated heterocycles. The van der Waals surface area contributed by atoms with E-state index < -0.39 is 79.8 Å². The molecule has 28 heavy (non-hydrogen) atoms. The van der Waals surface area contributed by atoms with E-state index in [0.717, 1.165) is 14.0 Å². The van der Waals surface area contributed by atoms with E-state index in [9.17, 15) is 40.2 Å². The molecule has 10 atom stereocenters. The Morgan fingerprint density at radius 2 is 1.68 bits per heavy atom. The lowest BCUT2D eigenvalue weighted by atomic mass is 9.95. The van der Waals surface area contributed by atoms with Gasteiger partial charge in [0, 0.05) is 14.0 Å². The predicted octanol–water partition coefficient (Wildman–Crippen LogP) is -4.51. The van der Waals surface area contributed by atoms with Crippen molar-refractivity contribution in [1.29, 1.82) is 0 Å². The number of nitrogens with one attached hydrogen (secondary N) is 1. The van der Waals surface area contributed by atoms with Gasteiger partial charge >= 0.3 is 5.97 Å². The van der Waals surface area contributed by atoms with E-state index in [1.165, 1.54) is 0 Å². The van der Waals surface area contributed by atoms with Crippen LogP contribution < -0.4 is 5.32 Å². The predicted molar refractivity (Wildman–Crippen MR) is 85.6 cm³/mol. The molecule has 2 fully saturated rings. The van der Waals surface area contributed by atoms with E-state index in [0.29, 0.717) is 0 Å². The monoisotopic (exact) mass is 411 g/mol. The molecule has 0 radical (unpaired) electrons. The Morgan fingerprint density at radius 1 is 1.04 bits per heavy atom. The minimum Gasteiger partial charge on any atom is -0.479 e. The molecule has 0 bridgehead atoms. The molecule has 7 N–H and O–H groups in total. The SMILES string of the molecule is CO[C@H]1C(C(=O)O)O[C@@H](O[C@@H]2C(NC(C)=O)[C@H](O)OC(CO)[C@@H]2O)C(O)[C@H]1O. The lowest BCUT2D eigenvalue weighted by molar-refractivity contribution is -0.338. The number of carboxylic acid groups (broad SMARTS) is 1. The van der Waals surface area contributed by atoms with Crippen LogP contribution in [-0.2, 0) is 28.5 Å². The van der Waals surface area contributed by atoms with Crippen LogP contribution >= 0.6 is 0 Å². The van der Waals surface area contributed by atoms with Crippen LogP contribution in [0.2, 0.25) is 0 Å². The quantitative estimate of drug-likeness (QED) is 0.221. The number of ether oxygens (including phenoxy) is 4. The number of aliphatic carboxylic acids is 1. The number of rotatable bonds is 6. The molecule has 0 aliphatic carbocycles. The highest BCUT2D eigenvalue weighted by Gasteiger charge is 2.52. The molecule has 0 aromatic carbocycles. The summed E-state index contributed by atoms with van der Waals surface area (Å²) in [6.45, 7) is 0.429. The van der Waals surface area contributed by atoms with Crippen LogP contribution in [0, 0.1) is 0 Å². The summed E-state index contributed by atoms with van der Waals surface area (Å²) in [5.41, 5.74) is 0. The van der Waals surface area contributed by atoms with Gasteiger partial charge < -0.3 is 54.9 Å². The third-order valence-corrected chi connectivity index (χ3v) is 4.59. The van der Waals surface area contributed by atoms with Gasteiger partial charge in [-0.05, 0) is 0 Å². The van der Waals surface area contributed by atoms with Gasteiger partial charge in [0.05, 0.1) is 6.61 Å². The molecule has 0 spiro atoms. The highest BCUT2D eigenvalue weighted by atomic mass is 16.7. The van der Waals surface area contributed by atoms with Crippen molar-refractivity contribution in [3.8, 4) is 0 Å². The first-order valence-electron chi connectivity index (χ1n) is 8.44. The molecule has 0 aromatic rings. The number of amides is 1. The average Bonchev–Trinajstić information content (AvgIpc) is 2.63. The van der Waals surface area contributed by atoms with Crippen molar-refractivity contribution in [1.82, 2.24) is 5.32 Å². The highest BCUT2D eigenvalue weighted by molar-refractivity contribution is 5.73. The van der Waals surface area contributed by atoms with E-state index in [1.807, 2.05) is 0 Å². The molecule has 2 aliphatic rings. The summed E-state index contributed by atoms with van der Waals surface area (Å²) in [5.74, 6) is -2.10. The molecule has 2 heterocycles. The van der Waals surface area contributed by atoms with Crippen LogP contribution in [0.5, 0.6) is 0 Å². The molecule has 0 aromatic heterocycles. The lowest BCUT2D eigenvalue weighted by Gasteiger charge is -2.46. The highest BCUT2D eigenvalue weighted by Crippen LogP contribution is 2.29. The van der Waals surface area contributed by atoms with Crippen molar-refractivity contribution in [2.24, 2.45) is 0 Å². The maximum Gasteiger partial charge on any atom is 0.335 e. The van der Waals surface area contributed by atoms with Crippen molar-refractivity contribution in [3.05, 3.63) is 0 Å². The molecule has 4 unspecified atom stereocenters. The summed E-state index contributed by atoms with van der Waals surface area (Å²) in [4.78, 5) is 22.8. The summed E-state index contributed by atoms with van der Waals surface area (Å²) < 4.78 is 20.5. The van der Waals surface area contributed by atoms with Crippen molar-refractivity contribution >= 4 is 11.9 Å². The standard InChI is InChI=1S/C15H25NO12/c1-4(18)16-6-10(7(19)5(3-17)26-14(6)24)27-15-9(21)8(20)11(25-2)12(28-15)13(22)23/h5-12,14-15,17,19-21,24H,3H2,1-2H3,(H,16,18)(H,22,23)/t5?,6?,7-,8+,9?,10+,11+,12?,14+,15+/m0/s1. The van der Waals surface area contributed by atoms with Crippen molar-refractivity contribution in [2.45, 2.75) is 68.3 Å². The van der Waals surface area contributed by atoms with Crippen LogP contribution in [0.3, 0.4) is 0 Å². The number of methoxy groups -OCH3 is 1. The van der Waals surface area contributed by atoms with Gasteiger partial charge in [-0.15, -0.1) is 0 Å². The fourth-order valence-electron chi connectivity index (χ4n) is 3.20. The average molecular weight is 411 g/mol. The second-order valence-corrected chi connectivity index (χ2v) is 6.51. The first kappa shape index (κ1) is 22.9. The summed E-state index contributed by atoms with van der Waals surface area (Å²) in [7, 11) is 1.12. The number of carboxylic acids is 1. The Kier molecular flexibility index (Phi) is 7.66. The second kappa shape index (κ2) is 9.39. The van der Waals surface area contributed by atoms with Gasteiger partial charge in [-0.2, -0.15) is 0 Å². The van der Waals surface area contributed by atoms with Crippen molar-refractivity contribution < 1.29 is 59.2 Å². The third-order valence-electron chi connectivity index (χ3n) is 4.59. The van der Waals surface area contributed by atoms with Crippen molar-refractivity contribution in [3.63, 3.8) is 0 Å². The molecular weight excluding hydrogens is 386 g/mol. The summed E-state index contributed by atoms with van der Waals surface area (Å²) >= 11 is 0. The summed E-state index contributed by atoms with van der Waals surface area (Å²) in [6.07, 6.45) is -14.4. The summed E-state index contributed by atoms with van der Waals surface area (Å²) in [6, 6.07) is -1.34. The number of hydrogen-bond acceptors (Lipinski definition) is 11. The number of aliphatic hydroxyl groups excluding tert-OH is 5. The van der Waals surface area contributed by atoms with Crippen LogP contribution in [0.1, 0.15) is 6.92 Å². The first-order chi connectivity index (χ1) is 13.1. The van der Waals surface area contributed by atoms with E-state index in [1.54, 1.807) is 0 Å². The minimum atomic E-state index is -1.78. The van der Waals surface area contributed by atoms with Gasteiger partial charge in [0.15, 0.2) is 18.7 Å². The Hall–Kier alpha value is -1.42. The third kappa shape index (κ3) is 4.59. The van der Waals surface area contributed by atoms with Gasteiger partial charge in [-0.25, -0.2) is 4.79 Å². The number of carbonyl (C=O) groups excluding carboxylic acids is 1. The van der Waals surface area contributed by atoms with Crippen molar-refractivity contribution in [2.75, 3.05) is 13.7 Å². The van der Waals surface area contributed by atoms with E-state index in [-0.39, 0.29) is 0 Å². The molecular formula is C15H25NO12. The van der Waals surface area contributed by atoms with Gasteiger partial charge in [-0.3, -0.25) is 4.79 Å². The van der Waals surface area contributed by atoms with Gasteiger partial charge in [0.1, 0.15) is 42.7 Å². The zero-order chi connectivity index (χ0) is 21.2. The smallest absolute Gasteiger partial charge is 0.335 e. The molecule has 162 valence electrons. The fourth-order valence-corrected chi connectivity index (χ4v) is 3.20. The summed E-state index contributed by atoms with van der Waals surface area (Å²) in [5, 5.41) is 61.7. The van der Waals surface area contributed by atoms with Crippen LogP contribution in [0.4, 0.5) is 0 Å². The molecule has 2 rings (SSSR count). The topological polar surface area (TPSA) is 204 Å². The van der Waals surface area contributed by atoms with E-state index in [4.69, 9.17) is 18.9 Å². The second-order valence-electron chi connectivity index (χ2n) is 6.51. The van der Waals surface area contributed by atoms with Gasteiger partial charge in [0.2, 0.25) is 5.91 Å². The molecule has 13 nitrogen and oxygen atoms in total. The molecule has 1 amide bonds. The van der Waals surface area contributed by atoms with Gasteiger partial charge in [-0.1, -0.05) is 0 Å². The largest absolute Gasteiger partial charge is 0.479 e. The Morgan fingerprint density at radius 3 is 2.18 bits per heavy atom. The number of hydrogen-bond donors (Lipinski definition) is 7. The lowest BCUT2D eigenvalue weighted by Crippen LogP contribution is -2.68. The molecule has 0 saturated carbocycles. The van der Waals surface area contributed by atoms with Gasteiger partial charge in [0.25, 0.3) is 0 Å². The maximum atomic E-state index is 11.4. The molecule has 13 heteroatoms. The molecule has 2 aliphatic heterocycles. The zero-order valence-electron chi connectivity index (χ0n) is 15.1. The van der Waals surface area contributed by atoms with E-state index >= 15 is 0 Å². The Labute approximate surface area is 159 Å². The maximum absolute atomic E-state index is 11.4. The van der Waals surface area contributed by atoms with Crippen LogP contribution in [0.25, 0.3) is 0 Å². The Balaban J connectivity index is 2.26. The minimum absolute atomic E-state index is 0.607. The normalized spacial score (nSPS) is 44.1. The van der Waals surface area contributed by atoms with E-state index in [2.05, 4.69) is 5.32 Å². The van der Waals surface area contributed by atoms with Crippen LogP contribution in [-0.4, -0.2) is 118 Å². The number of carbonyl (C=O) groups is 2.